The lowest BCUT2D eigenvalue weighted by Crippen LogP contribution is -2.47. The minimum atomic E-state index is -0.0765. The van der Waals surface area contributed by atoms with E-state index in [1.807, 2.05) is 43.3 Å². The van der Waals surface area contributed by atoms with E-state index < -0.39 is 0 Å². The molecule has 1 unspecified atom stereocenters. The lowest BCUT2D eigenvalue weighted by Gasteiger charge is -2.35. The number of hydrogen-bond donors (Lipinski definition) is 1. The standard InChI is InChI=1S/C15H16N2O2/c1-10-9-19-15-12-5-3-2-4-11(12)6-7-13(15)17(10)14(18)8-16/h2-7,10H,8-9,16H2,1H3. The Bertz CT molecular complexity index is 639. The summed E-state index contributed by atoms with van der Waals surface area (Å²) < 4.78 is 5.84. The highest BCUT2D eigenvalue weighted by atomic mass is 16.5. The Kier molecular flexibility index (Phi) is 2.87. The van der Waals surface area contributed by atoms with Crippen molar-refractivity contribution in [3.05, 3.63) is 36.4 Å². The summed E-state index contributed by atoms with van der Waals surface area (Å²) in [6, 6.07) is 11.9. The largest absolute Gasteiger partial charge is 0.489 e. The number of hydrogen-bond acceptors (Lipinski definition) is 3. The van der Waals surface area contributed by atoms with Crippen molar-refractivity contribution in [1.29, 1.82) is 0 Å². The number of nitrogens with zero attached hydrogens (tertiary/aromatic N) is 1. The molecule has 0 fully saturated rings. The molecule has 0 bridgehead atoms. The van der Waals surface area contributed by atoms with Gasteiger partial charge in [-0.05, 0) is 18.4 Å². The van der Waals surface area contributed by atoms with Gasteiger partial charge in [0.1, 0.15) is 6.61 Å². The molecule has 0 saturated heterocycles. The molecule has 0 saturated carbocycles. The van der Waals surface area contributed by atoms with Crippen LogP contribution in [0.1, 0.15) is 6.92 Å². The number of anilines is 1. The van der Waals surface area contributed by atoms with Crippen LogP contribution in [0.5, 0.6) is 5.75 Å². The van der Waals surface area contributed by atoms with Gasteiger partial charge in [0.2, 0.25) is 5.91 Å². The maximum absolute atomic E-state index is 12.0. The number of rotatable bonds is 1. The van der Waals surface area contributed by atoms with E-state index in [0.717, 1.165) is 22.2 Å². The summed E-state index contributed by atoms with van der Waals surface area (Å²) in [5.74, 6) is 0.699. The first-order valence-corrected chi connectivity index (χ1v) is 6.39. The number of benzene rings is 2. The van der Waals surface area contributed by atoms with E-state index in [0.29, 0.717) is 6.61 Å². The highest BCUT2D eigenvalue weighted by molar-refractivity contribution is 6.02. The predicted octanol–water partition coefficient (Wildman–Crippen LogP) is 1.91. The van der Waals surface area contributed by atoms with Crippen LogP contribution in [-0.4, -0.2) is 25.1 Å². The second-order valence-electron chi connectivity index (χ2n) is 4.76. The molecule has 0 aromatic heterocycles. The summed E-state index contributed by atoms with van der Waals surface area (Å²) in [6.07, 6.45) is 0. The fourth-order valence-corrected chi connectivity index (χ4v) is 2.57. The molecule has 1 aliphatic heterocycles. The van der Waals surface area contributed by atoms with Gasteiger partial charge in [0.05, 0.1) is 18.3 Å². The molecule has 4 heteroatoms. The van der Waals surface area contributed by atoms with Crippen LogP contribution in [0.25, 0.3) is 10.8 Å². The molecule has 98 valence electrons. The van der Waals surface area contributed by atoms with E-state index in [2.05, 4.69) is 0 Å². The van der Waals surface area contributed by atoms with Crippen LogP contribution < -0.4 is 15.4 Å². The number of carbonyl (C=O) groups excluding carboxylic acids is 1. The van der Waals surface area contributed by atoms with Crippen LogP contribution in [0.15, 0.2) is 36.4 Å². The zero-order valence-corrected chi connectivity index (χ0v) is 10.8. The summed E-state index contributed by atoms with van der Waals surface area (Å²) >= 11 is 0. The second kappa shape index (κ2) is 4.55. The summed E-state index contributed by atoms with van der Waals surface area (Å²) in [6.45, 7) is 2.47. The first-order valence-electron chi connectivity index (χ1n) is 6.39. The Labute approximate surface area is 111 Å². The molecule has 2 aromatic rings. The lowest BCUT2D eigenvalue weighted by molar-refractivity contribution is -0.118. The van der Waals surface area contributed by atoms with Crippen molar-refractivity contribution in [2.75, 3.05) is 18.1 Å². The average Bonchev–Trinajstić information content (AvgIpc) is 2.46. The van der Waals surface area contributed by atoms with Gasteiger partial charge >= 0.3 is 0 Å². The van der Waals surface area contributed by atoms with Crippen molar-refractivity contribution in [3.8, 4) is 5.75 Å². The van der Waals surface area contributed by atoms with Crippen molar-refractivity contribution in [1.82, 2.24) is 0 Å². The van der Waals surface area contributed by atoms with Gasteiger partial charge in [-0.2, -0.15) is 0 Å². The third-order valence-corrected chi connectivity index (χ3v) is 3.47. The van der Waals surface area contributed by atoms with E-state index in [1.165, 1.54) is 0 Å². The molecule has 2 N–H and O–H groups in total. The van der Waals surface area contributed by atoms with Crippen molar-refractivity contribution >= 4 is 22.4 Å². The summed E-state index contributed by atoms with van der Waals surface area (Å²) in [4.78, 5) is 13.8. The minimum absolute atomic E-state index is 0.00436. The van der Waals surface area contributed by atoms with Crippen molar-refractivity contribution < 1.29 is 9.53 Å². The van der Waals surface area contributed by atoms with E-state index in [-0.39, 0.29) is 18.5 Å². The quantitative estimate of drug-likeness (QED) is 0.848. The molecule has 19 heavy (non-hydrogen) atoms. The zero-order valence-electron chi connectivity index (χ0n) is 10.8. The summed E-state index contributed by atoms with van der Waals surface area (Å²) in [7, 11) is 0. The van der Waals surface area contributed by atoms with Gasteiger partial charge in [-0.3, -0.25) is 4.79 Å². The third-order valence-electron chi connectivity index (χ3n) is 3.47. The monoisotopic (exact) mass is 256 g/mol. The van der Waals surface area contributed by atoms with Gasteiger partial charge < -0.3 is 15.4 Å². The molecular formula is C15H16N2O2. The molecule has 2 aromatic carbocycles. The number of fused-ring (bicyclic) bond motifs is 3. The molecule has 0 radical (unpaired) electrons. The third kappa shape index (κ3) is 1.85. The number of amides is 1. The van der Waals surface area contributed by atoms with Crippen molar-refractivity contribution in [2.24, 2.45) is 5.73 Å². The van der Waals surface area contributed by atoms with Gasteiger partial charge in [-0.25, -0.2) is 0 Å². The van der Waals surface area contributed by atoms with Crippen LogP contribution in [0.2, 0.25) is 0 Å². The molecule has 4 nitrogen and oxygen atoms in total. The maximum atomic E-state index is 12.0. The molecule has 1 atom stereocenters. The van der Waals surface area contributed by atoms with Crippen molar-refractivity contribution in [2.45, 2.75) is 13.0 Å². The number of carbonyl (C=O) groups is 1. The lowest BCUT2D eigenvalue weighted by atomic mass is 10.1. The first-order chi connectivity index (χ1) is 9.22. The Morgan fingerprint density at radius 2 is 2.16 bits per heavy atom. The van der Waals surface area contributed by atoms with Crippen LogP contribution >= 0.6 is 0 Å². The van der Waals surface area contributed by atoms with E-state index in [9.17, 15) is 4.79 Å². The molecule has 3 rings (SSSR count). The van der Waals surface area contributed by atoms with Gasteiger partial charge in [-0.1, -0.05) is 30.3 Å². The van der Waals surface area contributed by atoms with Crippen molar-refractivity contribution in [3.63, 3.8) is 0 Å². The number of nitrogens with two attached hydrogens (primary N) is 1. The maximum Gasteiger partial charge on any atom is 0.241 e. The Morgan fingerprint density at radius 3 is 2.95 bits per heavy atom. The van der Waals surface area contributed by atoms with Gasteiger partial charge in [0, 0.05) is 5.39 Å². The molecule has 1 heterocycles. The molecule has 1 amide bonds. The van der Waals surface area contributed by atoms with Gasteiger partial charge in [0.25, 0.3) is 0 Å². The normalized spacial score (nSPS) is 18.0. The molecule has 0 spiro atoms. The molecular weight excluding hydrogens is 240 g/mol. The fraction of sp³-hybridized carbons (Fsp3) is 0.267. The molecule has 1 aliphatic rings. The zero-order chi connectivity index (χ0) is 13.4. The Balaban J connectivity index is 2.21. The van der Waals surface area contributed by atoms with Crippen LogP contribution in [-0.2, 0) is 4.79 Å². The predicted molar refractivity (Wildman–Crippen MR) is 75.4 cm³/mol. The van der Waals surface area contributed by atoms with Gasteiger partial charge in [-0.15, -0.1) is 0 Å². The molecule has 0 aliphatic carbocycles. The van der Waals surface area contributed by atoms with E-state index in [1.54, 1.807) is 4.90 Å². The Morgan fingerprint density at radius 1 is 1.37 bits per heavy atom. The highest BCUT2D eigenvalue weighted by Gasteiger charge is 2.29. The first kappa shape index (κ1) is 12.0. The van der Waals surface area contributed by atoms with E-state index >= 15 is 0 Å². The smallest absolute Gasteiger partial charge is 0.241 e. The summed E-state index contributed by atoms with van der Waals surface area (Å²) in [5, 5.41) is 2.14. The second-order valence-corrected chi connectivity index (χ2v) is 4.76. The van der Waals surface area contributed by atoms with E-state index in [4.69, 9.17) is 10.5 Å². The van der Waals surface area contributed by atoms with Crippen LogP contribution in [0, 0.1) is 0 Å². The average molecular weight is 256 g/mol. The van der Waals surface area contributed by atoms with Crippen LogP contribution in [0.3, 0.4) is 0 Å². The van der Waals surface area contributed by atoms with Gasteiger partial charge in [0.15, 0.2) is 5.75 Å². The number of ether oxygens (including phenoxy) is 1. The topological polar surface area (TPSA) is 55.6 Å². The Hall–Kier alpha value is -2.07. The fourth-order valence-electron chi connectivity index (χ4n) is 2.57. The summed E-state index contributed by atoms with van der Waals surface area (Å²) in [5.41, 5.74) is 6.32. The highest BCUT2D eigenvalue weighted by Crippen LogP contribution is 2.39. The SMILES string of the molecule is CC1COc2c(ccc3ccccc23)N1C(=O)CN. The minimum Gasteiger partial charge on any atom is -0.489 e. The van der Waals surface area contributed by atoms with Crippen LogP contribution in [0.4, 0.5) is 5.69 Å².